The molecule has 282 valence electrons. The standard InChI is InChI=1S/3C15H23.3ClH.3Ti/c3*1-4-11-12(5-2)14-9-7-8-10-15(14)13(11)6-3;;;;;;/h3*4-10H2,1-3H3;3*1H;;;/q3*-1;;;;3*+2/p-3. The third-order valence-electron chi connectivity index (χ3n) is 12.0. The van der Waals surface area contributed by atoms with Crippen LogP contribution in [0.2, 0.25) is 0 Å². The molecule has 6 heteroatoms. The second-order valence-corrected chi connectivity index (χ2v) is 14.0. The van der Waals surface area contributed by atoms with E-state index in [1.165, 1.54) is 135 Å². The molecule has 3 aliphatic carbocycles. The molecule has 0 N–H and O–H groups in total. The molecule has 0 heterocycles. The molecule has 6 rings (SSSR count). The molecule has 0 amide bonds. The summed E-state index contributed by atoms with van der Waals surface area (Å²) < 4.78 is 0. The van der Waals surface area contributed by atoms with Crippen LogP contribution in [0.25, 0.3) is 0 Å². The smallest absolute Gasteiger partial charge is 1.00 e. The third kappa shape index (κ3) is 12.3. The number of hydrogen-bond donors (Lipinski definition) is 0. The molecule has 0 spiro atoms. The molecule has 0 fully saturated rings. The Bertz CT molecular complexity index is 1000. The summed E-state index contributed by atoms with van der Waals surface area (Å²) in [6.07, 6.45) is 27.8. The van der Waals surface area contributed by atoms with Crippen LogP contribution in [0.4, 0.5) is 0 Å². The van der Waals surface area contributed by atoms with Gasteiger partial charge in [0.2, 0.25) is 0 Å². The van der Waals surface area contributed by atoms with E-state index in [4.69, 9.17) is 0 Å². The van der Waals surface area contributed by atoms with Gasteiger partial charge in [-0.1, -0.05) is 197 Å². The Kier molecular flexibility index (Phi) is 31.5. The SMILES string of the molecule is CCc1c2c([c-](CC)c1CC)CCCC2.CCc1c2c([c-](CC)c1CC)CCCC2.CCc1c2c([c-](CC)c1CC)CCCC2.[Cl-].[Cl-].[Cl-].[Ti+2].[Ti+2].[Ti+2]. The van der Waals surface area contributed by atoms with Gasteiger partial charge in [0.05, 0.1) is 0 Å². The van der Waals surface area contributed by atoms with Gasteiger partial charge in [0.1, 0.15) is 0 Å². The third-order valence-corrected chi connectivity index (χ3v) is 12.0. The van der Waals surface area contributed by atoms with Crippen molar-refractivity contribution in [1.29, 1.82) is 0 Å². The predicted octanol–water partition coefficient (Wildman–Crippen LogP) is 2.92. The van der Waals surface area contributed by atoms with Gasteiger partial charge in [-0.3, -0.25) is 0 Å². The van der Waals surface area contributed by atoms with Crippen LogP contribution < -0.4 is 37.2 Å². The average Bonchev–Trinajstić information content (AvgIpc) is 3.71. The van der Waals surface area contributed by atoms with Crippen molar-refractivity contribution in [2.75, 3.05) is 0 Å². The van der Waals surface area contributed by atoms with Crippen molar-refractivity contribution in [2.24, 2.45) is 0 Å². The molecule has 3 aromatic rings. The minimum Gasteiger partial charge on any atom is -1.00 e. The Hall–Kier alpha value is 1.06. The summed E-state index contributed by atoms with van der Waals surface area (Å²) in [4.78, 5) is 0. The fraction of sp³-hybridized carbons (Fsp3) is 0.667. The van der Waals surface area contributed by atoms with E-state index in [0.717, 1.165) is 0 Å². The van der Waals surface area contributed by atoms with Gasteiger partial charge >= 0.3 is 65.2 Å². The fourth-order valence-electron chi connectivity index (χ4n) is 10.2. The van der Waals surface area contributed by atoms with E-state index in [-0.39, 0.29) is 102 Å². The largest absolute Gasteiger partial charge is 2.00 e. The maximum atomic E-state index is 2.32. The van der Waals surface area contributed by atoms with Crippen molar-refractivity contribution < 1.29 is 102 Å². The van der Waals surface area contributed by atoms with Crippen LogP contribution in [0.3, 0.4) is 0 Å². The second-order valence-electron chi connectivity index (χ2n) is 14.0. The number of hydrogen-bond acceptors (Lipinski definition) is 0. The Morgan fingerprint density at radius 1 is 0.333 bits per heavy atom. The first-order chi connectivity index (χ1) is 22.0. The van der Waals surface area contributed by atoms with Gasteiger partial charge in [-0.15, -0.1) is 0 Å². The normalized spacial score (nSPS) is 13.6. The van der Waals surface area contributed by atoms with E-state index in [1.54, 1.807) is 83.5 Å². The van der Waals surface area contributed by atoms with Crippen molar-refractivity contribution in [2.45, 2.75) is 197 Å². The van der Waals surface area contributed by atoms with Gasteiger partial charge in [0.25, 0.3) is 0 Å². The summed E-state index contributed by atoms with van der Waals surface area (Å²) >= 11 is 0. The van der Waals surface area contributed by atoms with E-state index in [1.807, 2.05) is 0 Å². The van der Waals surface area contributed by atoms with Crippen molar-refractivity contribution in [1.82, 2.24) is 0 Å². The first kappa shape index (κ1) is 56.4. The molecule has 0 atom stereocenters. The molecule has 0 saturated heterocycles. The van der Waals surface area contributed by atoms with E-state index < -0.39 is 0 Å². The molecule has 0 unspecified atom stereocenters. The monoisotopic (exact) mass is 858 g/mol. The number of rotatable bonds is 9. The van der Waals surface area contributed by atoms with Crippen LogP contribution in [-0.2, 0) is 161 Å². The molecule has 51 heavy (non-hydrogen) atoms. The second kappa shape index (κ2) is 28.5. The van der Waals surface area contributed by atoms with Gasteiger partial charge in [-0.05, 0) is 0 Å². The van der Waals surface area contributed by atoms with Gasteiger partial charge in [-0.2, -0.15) is 83.5 Å². The number of fused-ring (bicyclic) bond motifs is 3. The van der Waals surface area contributed by atoms with Crippen LogP contribution in [0, 0.1) is 0 Å². The van der Waals surface area contributed by atoms with Gasteiger partial charge in [0.15, 0.2) is 0 Å². The van der Waals surface area contributed by atoms with Gasteiger partial charge in [-0.25, -0.2) is 0 Å². The zero-order chi connectivity index (χ0) is 32.5. The fourth-order valence-corrected chi connectivity index (χ4v) is 10.2. The summed E-state index contributed by atoms with van der Waals surface area (Å²) in [5, 5.41) is 0. The van der Waals surface area contributed by atoms with Gasteiger partial charge < -0.3 is 37.2 Å². The van der Waals surface area contributed by atoms with Gasteiger partial charge in [0, 0.05) is 0 Å². The molecule has 0 radical (unpaired) electrons. The maximum Gasteiger partial charge on any atom is 2.00 e. The summed E-state index contributed by atoms with van der Waals surface area (Å²) in [6.45, 7) is 20.9. The summed E-state index contributed by atoms with van der Waals surface area (Å²) in [7, 11) is 0. The van der Waals surface area contributed by atoms with E-state index in [0.29, 0.717) is 0 Å². The molecule has 0 aromatic heterocycles. The predicted molar refractivity (Wildman–Crippen MR) is 200 cm³/mol. The van der Waals surface area contributed by atoms with Crippen LogP contribution in [0.1, 0.15) is 184 Å². The molecule has 3 aliphatic rings. The molecular weight excluding hydrogens is 790 g/mol. The zero-order valence-corrected chi connectivity index (χ0v) is 40.9. The quantitative estimate of drug-likeness (QED) is 0.230. The van der Waals surface area contributed by atoms with Crippen LogP contribution >= 0.6 is 0 Å². The summed E-state index contributed by atoms with van der Waals surface area (Å²) in [5.74, 6) is 0. The minimum absolute atomic E-state index is 0. The average molecular weight is 860 g/mol. The van der Waals surface area contributed by atoms with Crippen molar-refractivity contribution >= 4 is 0 Å². The van der Waals surface area contributed by atoms with Crippen molar-refractivity contribution in [3.05, 3.63) is 83.5 Å². The Morgan fingerprint density at radius 3 is 0.725 bits per heavy atom. The first-order valence-electron chi connectivity index (χ1n) is 19.9. The summed E-state index contributed by atoms with van der Waals surface area (Å²) in [5.41, 5.74) is 25.9. The van der Waals surface area contributed by atoms with Crippen LogP contribution in [0.15, 0.2) is 0 Å². The molecule has 0 saturated carbocycles. The molecule has 0 nitrogen and oxygen atoms in total. The molecular formula is C45H69Cl3Ti3. The topological polar surface area (TPSA) is 0 Å². The van der Waals surface area contributed by atoms with Crippen molar-refractivity contribution in [3.63, 3.8) is 0 Å². The van der Waals surface area contributed by atoms with E-state index in [9.17, 15) is 0 Å². The summed E-state index contributed by atoms with van der Waals surface area (Å²) in [6, 6.07) is 0. The van der Waals surface area contributed by atoms with E-state index >= 15 is 0 Å². The number of halogens is 3. The van der Waals surface area contributed by atoms with Crippen molar-refractivity contribution in [3.8, 4) is 0 Å². The van der Waals surface area contributed by atoms with Crippen LogP contribution in [0.5, 0.6) is 0 Å². The van der Waals surface area contributed by atoms with E-state index in [2.05, 4.69) is 62.3 Å². The Labute approximate surface area is 379 Å². The Morgan fingerprint density at radius 2 is 0.549 bits per heavy atom. The first-order valence-corrected chi connectivity index (χ1v) is 19.9. The van der Waals surface area contributed by atoms with Crippen LogP contribution in [-0.4, -0.2) is 0 Å². The zero-order valence-electron chi connectivity index (χ0n) is 34.0. The maximum absolute atomic E-state index is 2.32. The molecule has 0 aliphatic heterocycles. The Balaban J connectivity index is -0.000000640. The minimum atomic E-state index is 0. The molecule has 3 aromatic carbocycles. The molecule has 0 bridgehead atoms.